The van der Waals surface area contributed by atoms with Gasteiger partial charge in [0.25, 0.3) is 0 Å². The minimum Gasteiger partial charge on any atom is -0.339 e. The molecule has 3 aromatic heterocycles. The van der Waals surface area contributed by atoms with Crippen LogP contribution >= 0.6 is 11.3 Å². The first-order chi connectivity index (χ1) is 8.24. The van der Waals surface area contributed by atoms with E-state index in [2.05, 4.69) is 15.0 Å². The number of thiophene rings is 1. The number of aryl methyl sites for hydroxylation is 1. The third kappa shape index (κ3) is 1.83. The maximum Gasteiger partial charge on any atom is 0.178 e. The van der Waals surface area contributed by atoms with Gasteiger partial charge in [-0.15, -0.1) is 11.3 Å². The van der Waals surface area contributed by atoms with Crippen molar-refractivity contribution in [2.75, 3.05) is 0 Å². The summed E-state index contributed by atoms with van der Waals surface area (Å²) in [4.78, 5) is 13.1. The van der Waals surface area contributed by atoms with Crippen molar-refractivity contribution in [3.63, 3.8) is 0 Å². The van der Waals surface area contributed by atoms with Gasteiger partial charge in [-0.2, -0.15) is 0 Å². The lowest BCUT2D eigenvalue weighted by atomic mass is 10.2. The molecule has 3 heterocycles. The van der Waals surface area contributed by atoms with Crippen molar-refractivity contribution in [1.82, 2.24) is 15.0 Å². The number of H-pyrrole nitrogens is 1. The normalized spacial score (nSPS) is 13.1. The Kier molecular flexibility index (Phi) is 2.42. The molecule has 0 spiro atoms. The molecular weight excluding hydrogens is 232 g/mol. The average Bonchev–Trinajstić information content (AvgIpc) is 2.96. The molecule has 0 fully saturated rings. The minimum atomic E-state index is -0.204. The maximum absolute atomic E-state index is 6.15. The molecule has 0 aromatic carbocycles. The molecule has 0 amide bonds. The van der Waals surface area contributed by atoms with Crippen LogP contribution in [0.2, 0.25) is 0 Å². The quantitative estimate of drug-likeness (QED) is 0.727. The van der Waals surface area contributed by atoms with Gasteiger partial charge in [-0.25, -0.2) is 9.97 Å². The van der Waals surface area contributed by atoms with Crippen LogP contribution in [0.4, 0.5) is 0 Å². The Hall–Kier alpha value is -1.72. The minimum absolute atomic E-state index is 0.204. The molecule has 0 aliphatic heterocycles. The van der Waals surface area contributed by atoms with Gasteiger partial charge >= 0.3 is 0 Å². The van der Waals surface area contributed by atoms with Gasteiger partial charge in [-0.1, -0.05) is 6.07 Å². The monoisotopic (exact) mass is 244 g/mol. The lowest BCUT2D eigenvalue weighted by Crippen LogP contribution is -2.11. The van der Waals surface area contributed by atoms with Gasteiger partial charge in [-0.05, 0) is 30.5 Å². The highest BCUT2D eigenvalue weighted by molar-refractivity contribution is 7.10. The second-order valence-corrected chi connectivity index (χ2v) is 4.92. The van der Waals surface area contributed by atoms with Crippen LogP contribution in [0.1, 0.15) is 22.4 Å². The van der Waals surface area contributed by atoms with E-state index in [4.69, 9.17) is 5.73 Å². The molecule has 0 aliphatic carbocycles. The highest BCUT2D eigenvalue weighted by Crippen LogP contribution is 2.23. The van der Waals surface area contributed by atoms with E-state index in [-0.39, 0.29) is 6.04 Å². The van der Waals surface area contributed by atoms with E-state index in [1.54, 1.807) is 11.3 Å². The number of aromatic nitrogens is 3. The number of nitrogens with two attached hydrogens (primary N) is 1. The van der Waals surface area contributed by atoms with Crippen molar-refractivity contribution in [2.24, 2.45) is 5.73 Å². The summed E-state index contributed by atoms with van der Waals surface area (Å²) in [5, 5.41) is 2.01. The van der Waals surface area contributed by atoms with Gasteiger partial charge < -0.3 is 10.7 Å². The first-order valence-electron chi connectivity index (χ1n) is 5.36. The predicted molar refractivity (Wildman–Crippen MR) is 69.0 cm³/mol. The summed E-state index contributed by atoms with van der Waals surface area (Å²) in [6.07, 6.45) is 0. The highest BCUT2D eigenvalue weighted by Gasteiger charge is 2.14. The first-order valence-corrected chi connectivity index (χ1v) is 6.24. The van der Waals surface area contributed by atoms with Gasteiger partial charge in [-0.3, -0.25) is 0 Å². The van der Waals surface area contributed by atoms with Crippen LogP contribution < -0.4 is 5.73 Å². The molecule has 0 saturated heterocycles. The van der Waals surface area contributed by atoms with E-state index >= 15 is 0 Å². The van der Waals surface area contributed by atoms with Crippen molar-refractivity contribution >= 4 is 22.5 Å². The summed E-state index contributed by atoms with van der Waals surface area (Å²) >= 11 is 1.63. The third-order valence-corrected chi connectivity index (χ3v) is 3.60. The standard InChI is InChI=1S/C12H12N4S/c1-7-4-5-8-11(14-7)16-12(15-8)10(13)9-3-2-6-17-9/h2-6,10H,13H2,1H3,(H,14,15,16). The number of hydrogen-bond acceptors (Lipinski definition) is 4. The number of rotatable bonds is 2. The summed E-state index contributed by atoms with van der Waals surface area (Å²) in [7, 11) is 0. The maximum atomic E-state index is 6.15. The summed E-state index contributed by atoms with van der Waals surface area (Å²) in [5.74, 6) is 0.764. The molecule has 5 heteroatoms. The first kappa shape index (κ1) is 10.4. The van der Waals surface area contributed by atoms with Gasteiger partial charge in [0.1, 0.15) is 5.82 Å². The Bertz CT molecular complexity index is 642. The molecule has 0 bridgehead atoms. The lowest BCUT2D eigenvalue weighted by molar-refractivity contribution is 0.821. The average molecular weight is 244 g/mol. The summed E-state index contributed by atoms with van der Waals surface area (Å²) in [5.41, 5.74) is 8.77. The topological polar surface area (TPSA) is 67.6 Å². The predicted octanol–water partition coefficient (Wildman–Crippen LogP) is 2.38. The molecule has 0 aliphatic rings. The molecule has 1 unspecified atom stereocenters. The number of pyridine rings is 1. The molecule has 3 N–H and O–H groups in total. The van der Waals surface area contributed by atoms with Crippen LogP contribution in [-0.2, 0) is 0 Å². The molecule has 3 rings (SSSR count). The Labute approximate surface area is 103 Å². The van der Waals surface area contributed by atoms with Crippen LogP contribution in [0.5, 0.6) is 0 Å². The van der Waals surface area contributed by atoms with E-state index in [9.17, 15) is 0 Å². The lowest BCUT2D eigenvalue weighted by Gasteiger charge is -2.04. The van der Waals surface area contributed by atoms with E-state index in [1.807, 2.05) is 36.6 Å². The van der Waals surface area contributed by atoms with Crippen LogP contribution in [0.25, 0.3) is 11.2 Å². The van der Waals surface area contributed by atoms with E-state index < -0.39 is 0 Å². The number of hydrogen-bond donors (Lipinski definition) is 2. The number of fused-ring (bicyclic) bond motifs is 1. The second kappa shape index (κ2) is 3.94. The van der Waals surface area contributed by atoms with Crippen LogP contribution in [-0.4, -0.2) is 15.0 Å². The number of imidazole rings is 1. The smallest absolute Gasteiger partial charge is 0.178 e. The van der Waals surface area contributed by atoms with Crippen LogP contribution in [0.15, 0.2) is 29.6 Å². The molecule has 86 valence electrons. The SMILES string of the molecule is Cc1ccc2[nH]c(C(N)c3cccs3)nc2n1. The molecule has 0 radical (unpaired) electrons. The Morgan fingerprint density at radius 1 is 1.29 bits per heavy atom. The molecule has 17 heavy (non-hydrogen) atoms. The van der Waals surface area contributed by atoms with Crippen molar-refractivity contribution in [2.45, 2.75) is 13.0 Å². The number of nitrogens with one attached hydrogen (secondary N) is 1. The highest BCUT2D eigenvalue weighted by atomic mass is 32.1. The van der Waals surface area contributed by atoms with Crippen molar-refractivity contribution < 1.29 is 0 Å². The molecular formula is C12H12N4S. The molecule has 0 saturated carbocycles. The number of nitrogens with zero attached hydrogens (tertiary/aromatic N) is 2. The summed E-state index contributed by atoms with van der Waals surface area (Å²) in [6.45, 7) is 1.95. The molecule has 1 atom stereocenters. The fourth-order valence-corrected chi connectivity index (χ4v) is 2.49. The van der Waals surface area contributed by atoms with Crippen molar-refractivity contribution in [3.8, 4) is 0 Å². The third-order valence-electron chi connectivity index (χ3n) is 2.65. The van der Waals surface area contributed by atoms with E-state index in [0.717, 1.165) is 27.6 Å². The number of aromatic amines is 1. The van der Waals surface area contributed by atoms with E-state index in [1.165, 1.54) is 0 Å². The van der Waals surface area contributed by atoms with Crippen LogP contribution in [0.3, 0.4) is 0 Å². The fraction of sp³-hybridized carbons (Fsp3) is 0.167. The van der Waals surface area contributed by atoms with Crippen molar-refractivity contribution in [3.05, 3.63) is 46.0 Å². The van der Waals surface area contributed by atoms with E-state index in [0.29, 0.717) is 0 Å². The van der Waals surface area contributed by atoms with Gasteiger partial charge in [0, 0.05) is 10.6 Å². The van der Waals surface area contributed by atoms with Gasteiger partial charge in [0.15, 0.2) is 5.65 Å². The Morgan fingerprint density at radius 2 is 2.18 bits per heavy atom. The zero-order valence-electron chi connectivity index (χ0n) is 9.34. The summed E-state index contributed by atoms with van der Waals surface area (Å²) in [6, 6.07) is 7.74. The largest absolute Gasteiger partial charge is 0.339 e. The second-order valence-electron chi connectivity index (χ2n) is 3.94. The zero-order valence-corrected chi connectivity index (χ0v) is 10.2. The van der Waals surface area contributed by atoms with Crippen molar-refractivity contribution in [1.29, 1.82) is 0 Å². The Balaban J connectivity index is 2.06. The zero-order chi connectivity index (χ0) is 11.8. The van der Waals surface area contributed by atoms with Gasteiger partial charge in [0.2, 0.25) is 0 Å². The molecule has 3 aromatic rings. The van der Waals surface area contributed by atoms with Crippen LogP contribution in [0, 0.1) is 6.92 Å². The fourth-order valence-electron chi connectivity index (χ4n) is 1.76. The molecule has 4 nitrogen and oxygen atoms in total. The van der Waals surface area contributed by atoms with Gasteiger partial charge in [0.05, 0.1) is 11.6 Å². The summed E-state index contributed by atoms with van der Waals surface area (Å²) < 4.78 is 0. The Morgan fingerprint density at radius 3 is 2.94 bits per heavy atom.